The van der Waals surface area contributed by atoms with Gasteiger partial charge in [0, 0.05) is 17.6 Å². The van der Waals surface area contributed by atoms with Crippen LogP contribution in [0.1, 0.15) is 17.9 Å². The van der Waals surface area contributed by atoms with E-state index in [9.17, 15) is 13.2 Å². The molecule has 0 fully saturated rings. The predicted molar refractivity (Wildman–Crippen MR) is 77.1 cm³/mol. The number of nitrogens with one attached hydrogen (secondary N) is 2. The molecule has 1 aromatic rings. The van der Waals surface area contributed by atoms with Crippen molar-refractivity contribution in [3.8, 4) is 0 Å². The van der Waals surface area contributed by atoms with Crippen molar-refractivity contribution in [1.82, 2.24) is 5.32 Å². The van der Waals surface area contributed by atoms with Gasteiger partial charge in [-0.3, -0.25) is 4.79 Å². The highest BCUT2D eigenvalue weighted by Gasteiger charge is 2.29. The summed E-state index contributed by atoms with van der Waals surface area (Å²) in [5.41, 5.74) is 1.95. The minimum Gasteiger partial charge on any atom is -0.385 e. The van der Waals surface area contributed by atoms with Gasteiger partial charge < -0.3 is 10.6 Å². The lowest BCUT2D eigenvalue weighted by Crippen LogP contribution is -2.40. The first-order valence-corrected chi connectivity index (χ1v) is 8.31. The Morgan fingerprint density at radius 1 is 1.30 bits per heavy atom. The van der Waals surface area contributed by atoms with Gasteiger partial charge in [-0.2, -0.15) is 0 Å². The molecule has 2 aliphatic heterocycles. The summed E-state index contributed by atoms with van der Waals surface area (Å²) in [6.45, 7) is 0.744. The van der Waals surface area contributed by atoms with E-state index in [2.05, 4.69) is 10.6 Å². The van der Waals surface area contributed by atoms with Crippen LogP contribution in [-0.4, -0.2) is 32.7 Å². The molecule has 0 aliphatic carbocycles. The zero-order chi connectivity index (χ0) is 14.2. The highest BCUT2D eigenvalue weighted by atomic mass is 32.2. The van der Waals surface area contributed by atoms with E-state index in [4.69, 9.17) is 0 Å². The third kappa shape index (κ3) is 2.56. The number of para-hydroxylation sites is 1. The molecule has 6 heteroatoms. The average Bonchev–Trinajstić information content (AvgIpc) is 2.77. The van der Waals surface area contributed by atoms with Crippen molar-refractivity contribution in [1.29, 1.82) is 0 Å². The minimum absolute atomic E-state index is 0.0364. The van der Waals surface area contributed by atoms with Crippen molar-refractivity contribution in [3.63, 3.8) is 0 Å². The number of sulfone groups is 1. The lowest BCUT2D eigenvalue weighted by atomic mass is 9.90. The smallest absolute Gasteiger partial charge is 0.228 e. The quantitative estimate of drug-likeness (QED) is 0.853. The molecule has 0 aromatic heterocycles. The minimum atomic E-state index is -3.14. The van der Waals surface area contributed by atoms with Crippen molar-refractivity contribution in [2.24, 2.45) is 0 Å². The molecular formula is C14H16N2O3S. The standard InChI is InChI=1S/C14H16N2O3S/c17-14(16-10-6-8-20(18,19)9-10)12-5-7-15-13-4-2-1-3-11(12)13/h1-4,6,8,10,12,15H,5,7,9H2,(H,16,17). The zero-order valence-electron chi connectivity index (χ0n) is 10.9. The third-order valence-electron chi connectivity index (χ3n) is 3.66. The van der Waals surface area contributed by atoms with Gasteiger partial charge in [0.1, 0.15) is 0 Å². The number of carbonyl (C=O) groups is 1. The van der Waals surface area contributed by atoms with E-state index in [0.717, 1.165) is 17.8 Å². The molecule has 20 heavy (non-hydrogen) atoms. The van der Waals surface area contributed by atoms with Crippen LogP contribution >= 0.6 is 0 Å². The lowest BCUT2D eigenvalue weighted by Gasteiger charge is -2.26. The van der Waals surface area contributed by atoms with Gasteiger partial charge in [0.05, 0.1) is 17.7 Å². The summed E-state index contributed by atoms with van der Waals surface area (Å²) in [4.78, 5) is 12.4. The van der Waals surface area contributed by atoms with Gasteiger partial charge in [-0.1, -0.05) is 18.2 Å². The molecule has 0 saturated carbocycles. The van der Waals surface area contributed by atoms with Crippen LogP contribution in [0.2, 0.25) is 0 Å². The Hall–Kier alpha value is -1.82. The Kier molecular flexibility index (Phi) is 3.25. The number of benzene rings is 1. The summed E-state index contributed by atoms with van der Waals surface area (Å²) >= 11 is 0. The number of carbonyl (C=O) groups excluding carboxylic acids is 1. The van der Waals surface area contributed by atoms with Gasteiger partial charge in [0.25, 0.3) is 0 Å². The number of rotatable bonds is 2. The maximum Gasteiger partial charge on any atom is 0.228 e. The van der Waals surface area contributed by atoms with Gasteiger partial charge in [0.2, 0.25) is 5.91 Å². The van der Waals surface area contributed by atoms with E-state index in [0.29, 0.717) is 6.42 Å². The average molecular weight is 292 g/mol. The predicted octanol–water partition coefficient (Wildman–Crippen LogP) is 1.01. The van der Waals surface area contributed by atoms with Crippen LogP contribution in [0, 0.1) is 0 Å². The number of fused-ring (bicyclic) bond motifs is 1. The number of hydrogen-bond acceptors (Lipinski definition) is 4. The first-order chi connectivity index (χ1) is 9.55. The third-order valence-corrected chi connectivity index (χ3v) is 5.05. The summed E-state index contributed by atoms with van der Waals surface area (Å²) in [6.07, 6.45) is 2.26. The second kappa shape index (κ2) is 4.94. The summed E-state index contributed by atoms with van der Waals surface area (Å²) < 4.78 is 22.7. The lowest BCUT2D eigenvalue weighted by molar-refractivity contribution is -0.123. The van der Waals surface area contributed by atoms with Gasteiger partial charge in [-0.15, -0.1) is 0 Å². The fourth-order valence-corrected chi connectivity index (χ4v) is 3.93. The maximum atomic E-state index is 12.4. The Labute approximate surface area is 118 Å². The van der Waals surface area contributed by atoms with Crippen LogP contribution in [0.15, 0.2) is 35.7 Å². The Morgan fingerprint density at radius 3 is 2.85 bits per heavy atom. The highest BCUT2D eigenvalue weighted by Crippen LogP contribution is 2.31. The summed E-state index contributed by atoms with van der Waals surface area (Å²) in [5.74, 6) is -0.361. The molecule has 3 rings (SSSR count). The number of anilines is 1. The molecule has 2 aliphatic rings. The molecule has 2 unspecified atom stereocenters. The van der Waals surface area contributed by atoms with Gasteiger partial charge >= 0.3 is 0 Å². The van der Waals surface area contributed by atoms with Crippen LogP contribution in [-0.2, 0) is 14.6 Å². The topological polar surface area (TPSA) is 75.3 Å². The molecule has 2 heterocycles. The second-order valence-electron chi connectivity index (χ2n) is 5.13. The second-order valence-corrected chi connectivity index (χ2v) is 7.06. The molecule has 0 spiro atoms. The van der Waals surface area contributed by atoms with E-state index >= 15 is 0 Å². The Balaban J connectivity index is 1.75. The molecule has 1 amide bonds. The SMILES string of the molecule is O=C(NC1C=CS(=O)(=O)C1)C1CCNc2ccccc21. The summed E-state index contributed by atoms with van der Waals surface area (Å²) in [7, 11) is -3.14. The Morgan fingerprint density at radius 2 is 2.10 bits per heavy atom. The summed E-state index contributed by atoms with van der Waals surface area (Å²) in [6, 6.07) is 7.32. The molecule has 2 atom stereocenters. The molecular weight excluding hydrogens is 276 g/mol. The van der Waals surface area contributed by atoms with Crippen molar-refractivity contribution < 1.29 is 13.2 Å². The van der Waals surface area contributed by atoms with E-state index in [-0.39, 0.29) is 17.6 Å². The molecule has 5 nitrogen and oxygen atoms in total. The molecule has 0 radical (unpaired) electrons. The first kappa shape index (κ1) is 13.2. The fraction of sp³-hybridized carbons (Fsp3) is 0.357. The van der Waals surface area contributed by atoms with Crippen molar-refractivity contribution in [2.75, 3.05) is 17.6 Å². The molecule has 1 aromatic carbocycles. The fourth-order valence-electron chi connectivity index (χ4n) is 2.69. The van der Waals surface area contributed by atoms with Crippen LogP contribution in [0.3, 0.4) is 0 Å². The highest BCUT2D eigenvalue weighted by molar-refractivity contribution is 7.94. The van der Waals surface area contributed by atoms with Crippen LogP contribution in [0.25, 0.3) is 0 Å². The van der Waals surface area contributed by atoms with Crippen molar-refractivity contribution >= 4 is 21.4 Å². The largest absolute Gasteiger partial charge is 0.385 e. The van der Waals surface area contributed by atoms with E-state index in [1.165, 1.54) is 5.41 Å². The monoisotopic (exact) mass is 292 g/mol. The Bertz CT molecular complexity index is 667. The molecule has 2 N–H and O–H groups in total. The van der Waals surface area contributed by atoms with Gasteiger partial charge in [-0.25, -0.2) is 8.42 Å². The van der Waals surface area contributed by atoms with Crippen LogP contribution in [0.4, 0.5) is 5.69 Å². The van der Waals surface area contributed by atoms with Crippen LogP contribution < -0.4 is 10.6 Å². The van der Waals surface area contributed by atoms with Crippen molar-refractivity contribution in [2.45, 2.75) is 18.4 Å². The van der Waals surface area contributed by atoms with Crippen LogP contribution in [0.5, 0.6) is 0 Å². The van der Waals surface area contributed by atoms with Crippen molar-refractivity contribution in [3.05, 3.63) is 41.3 Å². The zero-order valence-corrected chi connectivity index (χ0v) is 11.7. The molecule has 0 saturated heterocycles. The van der Waals surface area contributed by atoms with Gasteiger partial charge in [-0.05, 0) is 24.1 Å². The van der Waals surface area contributed by atoms with E-state index < -0.39 is 15.9 Å². The first-order valence-electron chi connectivity index (χ1n) is 6.59. The van der Waals surface area contributed by atoms with E-state index in [1.54, 1.807) is 6.08 Å². The van der Waals surface area contributed by atoms with E-state index in [1.807, 2.05) is 24.3 Å². The molecule has 106 valence electrons. The summed E-state index contributed by atoms with van der Waals surface area (Å²) in [5, 5.41) is 7.25. The maximum absolute atomic E-state index is 12.4. The number of hydrogen-bond donors (Lipinski definition) is 2. The molecule has 0 bridgehead atoms. The number of amides is 1. The van der Waals surface area contributed by atoms with Gasteiger partial charge in [0.15, 0.2) is 9.84 Å². The normalized spacial score (nSPS) is 26.6.